The van der Waals surface area contributed by atoms with Crippen LogP contribution in [-0.4, -0.2) is 72.8 Å². The molecule has 12 heteroatoms. The number of sulfone groups is 1. The van der Waals surface area contributed by atoms with Crippen LogP contribution in [0.15, 0.2) is 35.6 Å². The van der Waals surface area contributed by atoms with Gasteiger partial charge in [-0.3, -0.25) is 9.79 Å². The summed E-state index contributed by atoms with van der Waals surface area (Å²) in [5.74, 6) is -1.37. The summed E-state index contributed by atoms with van der Waals surface area (Å²) in [6.45, 7) is 2.36. The molecule has 4 rings (SSSR count). The zero-order chi connectivity index (χ0) is 24.0. The van der Waals surface area contributed by atoms with Crippen LogP contribution in [0.5, 0.6) is 5.88 Å². The molecule has 2 aromatic rings. The van der Waals surface area contributed by atoms with Gasteiger partial charge >= 0.3 is 0 Å². The van der Waals surface area contributed by atoms with Gasteiger partial charge in [0.15, 0.2) is 9.84 Å². The minimum atomic E-state index is -3.74. The van der Waals surface area contributed by atoms with Gasteiger partial charge < -0.3 is 20.7 Å². The van der Waals surface area contributed by atoms with Crippen LogP contribution in [-0.2, 0) is 15.4 Å². The Balaban J connectivity index is 1.67. The molecule has 0 saturated carbocycles. The highest BCUT2D eigenvalue weighted by atomic mass is 32.2. The number of aliphatic imine (C=N–C) groups is 1. The molecule has 0 bridgehead atoms. The minimum Gasteiger partial charge on any atom is -0.480 e. The number of amides is 1. The molecule has 1 unspecified atom stereocenters. The quantitative estimate of drug-likeness (QED) is 0.665. The highest BCUT2D eigenvalue weighted by Gasteiger charge is 2.57. The predicted octanol–water partition coefficient (Wildman–Crippen LogP) is 0.952. The van der Waals surface area contributed by atoms with Gasteiger partial charge in [-0.1, -0.05) is 0 Å². The molecule has 0 aliphatic carbocycles. The van der Waals surface area contributed by atoms with Crippen molar-refractivity contribution in [1.29, 1.82) is 0 Å². The third-order valence-corrected chi connectivity index (χ3v) is 8.87. The molecule has 2 atom stereocenters. The smallest absolute Gasteiger partial charge is 0.275 e. The van der Waals surface area contributed by atoms with Crippen LogP contribution < -0.4 is 15.8 Å². The van der Waals surface area contributed by atoms with Gasteiger partial charge in [0.05, 0.1) is 25.3 Å². The summed E-state index contributed by atoms with van der Waals surface area (Å²) in [5.41, 5.74) is 5.08. The standard InChI is InChI=1S/C21H25FN6O4S/c1-20(12-33(30,31)21(19(23)27-20)6-7-28(2)11-21)14-8-13(4-5-15(14)22)26-18(29)16-9-25-17(32-3)10-24-16/h4-5,8-10H,6-7,11-12H2,1-3H3,(H2,23,27)(H,26,29)/t20-,21?/m0/s1. The molecule has 10 nitrogen and oxygen atoms in total. The third kappa shape index (κ3) is 3.93. The van der Waals surface area contributed by atoms with Gasteiger partial charge in [0.2, 0.25) is 5.88 Å². The number of benzene rings is 1. The van der Waals surface area contributed by atoms with Gasteiger partial charge in [-0.25, -0.2) is 22.8 Å². The number of rotatable bonds is 4. The van der Waals surface area contributed by atoms with Crippen molar-refractivity contribution in [3.63, 3.8) is 0 Å². The molecule has 0 radical (unpaired) electrons. The third-order valence-electron chi connectivity index (χ3n) is 6.20. The Hall–Kier alpha value is -3.12. The molecule has 2 aliphatic heterocycles. The first kappa shape index (κ1) is 23.1. The summed E-state index contributed by atoms with van der Waals surface area (Å²) >= 11 is 0. The maximum Gasteiger partial charge on any atom is 0.275 e. The van der Waals surface area contributed by atoms with Gasteiger partial charge in [-0.05, 0) is 45.1 Å². The molecular weight excluding hydrogens is 451 g/mol. The van der Waals surface area contributed by atoms with Crippen molar-refractivity contribution in [2.24, 2.45) is 10.7 Å². The first-order chi connectivity index (χ1) is 15.5. The lowest BCUT2D eigenvalue weighted by Gasteiger charge is -2.39. The van der Waals surface area contributed by atoms with E-state index >= 15 is 0 Å². The van der Waals surface area contributed by atoms with Gasteiger partial charge in [-0.15, -0.1) is 0 Å². The first-order valence-electron chi connectivity index (χ1n) is 10.2. The lowest BCUT2D eigenvalue weighted by molar-refractivity contribution is 0.102. The van der Waals surface area contributed by atoms with Crippen LogP contribution >= 0.6 is 0 Å². The van der Waals surface area contributed by atoms with E-state index < -0.39 is 37.6 Å². The van der Waals surface area contributed by atoms with E-state index in [0.29, 0.717) is 13.0 Å². The van der Waals surface area contributed by atoms with E-state index in [1.54, 1.807) is 0 Å². The topological polar surface area (TPSA) is 140 Å². The van der Waals surface area contributed by atoms with Crippen LogP contribution in [0.3, 0.4) is 0 Å². The molecule has 3 heterocycles. The summed E-state index contributed by atoms with van der Waals surface area (Å²) in [5, 5.41) is 2.62. The molecular formula is C21H25FN6O4S. The molecule has 1 fully saturated rings. The molecule has 176 valence electrons. The van der Waals surface area contributed by atoms with Crippen molar-refractivity contribution >= 4 is 27.3 Å². The predicted molar refractivity (Wildman–Crippen MR) is 121 cm³/mol. The fourth-order valence-corrected chi connectivity index (χ4v) is 6.80. The monoisotopic (exact) mass is 476 g/mol. The number of amidine groups is 1. The zero-order valence-electron chi connectivity index (χ0n) is 18.5. The normalized spacial score (nSPS) is 26.7. The number of anilines is 1. The number of methoxy groups -OCH3 is 1. The number of nitrogens with two attached hydrogens (primary N) is 1. The molecule has 1 aromatic heterocycles. The van der Waals surface area contributed by atoms with E-state index in [4.69, 9.17) is 10.5 Å². The molecule has 1 amide bonds. The maximum absolute atomic E-state index is 14.9. The molecule has 1 saturated heterocycles. The SMILES string of the molecule is COc1cnc(C(=O)Nc2ccc(F)c([C@]3(C)CS(=O)(=O)C4(CCN(C)C4)C(N)=N3)c2)cn1. The van der Waals surface area contributed by atoms with Crippen molar-refractivity contribution in [3.8, 4) is 5.88 Å². The zero-order valence-corrected chi connectivity index (χ0v) is 19.3. The van der Waals surface area contributed by atoms with E-state index in [1.165, 1.54) is 38.6 Å². The average molecular weight is 477 g/mol. The van der Waals surface area contributed by atoms with Gasteiger partial charge in [-0.2, -0.15) is 0 Å². The number of likely N-dealkylation sites (tertiary alicyclic amines) is 1. The number of carbonyl (C=O) groups excluding carboxylic acids is 1. The number of carbonyl (C=O) groups is 1. The Kier molecular flexibility index (Phi) is 5.61. The fourth-order valence-electron chi connectivity index (χ4n) is 4.38. The van der Waals surface area contributed by atoms with Crippen LogP contribution in [0.1, 0.15) is 29.4 Å². The highest BCUT2D eigenvalue weighted by Crippen LogP contribution is 2.42. The molecule has 1 aromatic carbocycles. The Morgan fingerprint density at radius 1 is 1.30 bits per heavy atom. The second-order valence-corrected chi connectivity index (χ2v) is 10.9. The summed E-state index contributed by atoms with van der Waals surface area (Å²) < 4.78 is 45.3. The van der Waals surface area contributed by atoms with E-state index in [9.17, 15) is 17.6 Å². The molecule has 1 spiro atoms. The number of hydrogen-bond acceptors (Lipinski definition) is 9. The number of halogens is 1. The van der Waals surface area contributed by atoms with Crippen molar-refractivity contribution in [2.45, 2.75) is 23.6 Å². The largest absolute Gasteiger partial charge is 0.480 e. The molecule has 3 N–H and O–H groups in total. The minimum absolute atomic E-state index is 0.0112. The number of aromatic nitrogens is 2. The second-order valence-electron chi connectivity index (χ2n) is 8.60. The fraction of sp³-hybridized carbons (Fsp3) is 0.429. The maximum atomic E-state index is 14.9. The van der Waals surface area contributed by atoms with E-state index in [0.717, 1.165) is 6.07 Å². The second kappa shape index (κ2) is 8.03. The van der Waals surface area contributed by atoms with Gasteiger partial charge in [0.25, 0.3) is 5.91 Å². The number of nitrogens with zero attached hydrogens (tertiary/aromatic N) is 4. The van der Waals surface area contributed by atoms with Crippen molar-refractivity contribution in [1.82, 2.24) is 14.9 Å². The van der Waals surface area contributed by atoms with Crippen LogP contribution in [0.4, 0.5) is 10.1 Å². The number of hydrogen-bond donors (Lipinski definition) is 2. The Labute approximate surface area is 191 Å². The van der Waals surface area contributed by atoms with Gasteiger partial charge in [0, 0.05) is 17.8 Å². The summed E-state index contributed by atoms with van der Waals surface area (Å²) in [6, 6.07) is 3.89. The van der Waals surface area contributed by atoms with E-state index in [1.807, 2.05) is 11.9 Å². The van der Waals surface area contributed by atoms with E-state index in [2.05, 4.69) is 20.3 Å². The van der Waals surface area contributed by atoms with Crippen molar-refractivity contribution < 1.29 is 22.3 Å². The number of nitrogens with one attached hydrogen (secondary N) is 1. The Bertz CT molecular complexity index is 1240. The van der Waals surface area contributed by atoms with Crippen LogP contribution in [0.2, 0.25) is 0 Å². The Morgan fingerprint density at radius 2 is 2.06 bits per heavy atom. The lowest BCUT2D eigenvalue weighted by Crippen LogP contribution is -2.59. The Morgan fingerprint density at radius 3 is 2.64 bits per heavy atom. The molecule has 33 heavy (non-hydrogen) atoms. The first-order valence-corrected chi connectivity index (χ1v) is 11.9. The number of ether oxygens (including phenoxy) is 1. The van der Waals surface area contributed by atoms with Crippen LogP contribution in [0.25, 0.3) is 0 Å². The summed E-state index contributed by atoms with van der Waals surface area (Å²) in [4.78, 5) is 26.8. The summed E-state index contributed by atoms with van der Waals surface area (Å²) in [6.07, 6.45) is 2.89. The van der Waals surface area contributed by atoms with E-state index in [-0.39, 0.29) is 35.2 Å². The van der Waals surface area contributed by atoms with Crippen molar-refractivity contribution in [2.75, 3.05) is 38.3 Å². The lowest BCUT2D eigenvalue weighted by atomic mass is 9.92. The van der Waals surface area contributed by atoms with Crippen LogP contribution in [0, 0.1) is 5.82 Å². The highest BCUT2D eigenvalue weighted by molar-refractivity contribution is 7.93. The molecule has 2 aliphatic rings. The van der Waals surface area contributed by atoms with Gasteiger partial charge in [0.1, 0.15) is 27.6 Å². The average Bonchev–Trinajstić information content (AvgIpc) is 3.17. The van der Waals surface area contributed by atoms with Crippen molar-refractivity contribution in [3.05, 3.63) is 47.7 Å². The summed E-state index contributed by atoms with van der Waals surface area (Å²) in [7, 11) is -0.492.